The summed E-state index contributed by atoms with van der Waals surface area (Å²) in [4.78, 5) is 15.9. The Morgan fingerprint density at radius 3 is 2.52 bits per heavy atom. The zero-order chi connectivity index (χ0) is 19.6. The van der Waals surface area contributed by atoms with E-state index < -0.39 is 27.6 Å². The SMILES string of the molecule is C[C@H](CC(=O)NS(=O)(=O)c1ccc(F)c2ncccc12)c1ccc(F)cc1. The number of aromatic nitrogens is 1. The van der Waals surface area contributed by atoms with Gasteiger partial charge in [-0.15, -0.1) is 0 Å². The van der Waals surface area contributed by atoms with Crippen LogP contribution in [0.2, 0.25) is 0 Å². The number of benzene rings is 2. The summed E-state index contributed by atoms with van der Waals surface area (Å²) in [5.41, 5.74) is 0.618. The summed E-state index contributed by atoms with van der Waals surface area (Å²) >= 11 is 0. The molecular weight excluding hydrogens is 374 g/mol. The molecule has 5 nitrogen and oxygen atoms in total. The normalized spacial score (nSPS) is 12.7. The fraction of sp³-hybridized carbons (Fsp3) is 0.158. The molecule has 0 aliphatic rings. The first-order chi connectivity index (χ1) is 12.8. The van der Waals surface area contributed by atoms with E-state index in [1.165, 1.54) is 30.5 Å². The first-order valence-electron chi connectivity index (χ1n) is 8.12. The van der Waals surface area contributed by atoms with E-state index in [9.17, 15) is 22.0 Å². The van der Waals surface area contributed by atoms with E-state index in [0.29, 0.717) is 5.56 Å². The topological polar surface area (TPSA) is 76.1 Å². The van der Waals surface area contributed by atoms with E-state index in [1.54, 1.807) is 19.1 Å². The van der Waals surface area contributed by atoms with Crippen LogP contribution >= 0.6 is 0 Å². The zero-order valence-corrected chi connectivity index (χ0v) is 15.1. The molecular formula is C19H16F2N2O3S. The van der Waals surface area contributed by atoms with Crippen LogP contribution in [0.1, 0.15) is 24.8 Å². The van der Waals surface area contributed by atoms with Crippen molar-refractivity contribution in [3.63, 3.8) is 0 Å². The van der Waals surface area contributed by atoms with Gasteiger partial charge < -0.3 is 0 Å². The average Bonchev–Trinajstić information content (AvgIpc) is 2.62. The van der Waals surface area contributed by atoms with Gasteiger partial charge in [0.2, 0.25) is 5.91 Å². The molecule has 3 rings (SSSR count). The number of hydrogen-bond donors (Lipinski definition) is 1. The Kier molecular flexibility index (Phi) is 5.18. The number of pyridine rings is 1. The third-order valence-electron chi connectivity index (χ3n) is 4.15. The number of nitrogens with zero attached hydrogens (tertiary/aromatic N) is 1. The van der Waals surface area contributed by atoms with E-state index in [0.717, 1.165) is 12.1 Å². The van der Waals surface area contributed by atoms with Crippen LogP contribution in [0.3, 0.4) is 0 Å². The Morgan fingerprint density at radius 2 is 1.81 bits per heavy atom. The summed E-state index contributed by atoms with van der Waals surface area (Å²) in [6, 6.07) is 10.6. The molecule has 1 aromatic heterocycles. The van der Waals surface area contributed by atoms with Crippen LogP contribution in [0.25, 0.3) is 10.9 Å². The first-order valence-corrected chi connectivity index (χ1v) is 9.60. The van der Waals surface area contributed by atoms with Crippen molar-refractivity contribution in [1.82, 2.24) is 9.71 Å². The maximum absolute atomic E-state index is 13.8. The highest BCUT2D eigenvalue weighted by molar-refractivity contribution is 7.90. The van der Waals surface area contributed by atoms with Crippen molar-refractivity contribution in [3.05, 3.63) is 71.9 Å². The quantitative estimate of drug-likeness (QED) is 0.723. The molecule has 1 N–H and O–H groups in total. The van der Waals surface area contributed by atoms with Crippen LogP contribution in [0.15, 0.2) is 59.6 Å². The van der Waals surface area contributed by atoms with Crippen LogP contribution in [0, 0.1) is 11.6 Å². The Bertz CT molecular complexity index is 1100. The van der Waals surface area contributed by atoms with Gasteiger partial charge in [-0.05, 0) is 47.9 Å². The monoisotopic (exact) mass is 390 g/mol. The lowest BCUT2D eigenvalue weighted by Crippen LogP contribution is -2.31. The van der Waals surface area contributed by atoms with E-state index >= 15 is 0 Å². The van der Waals surface area contributed by atoms with Crippen molar-refractivity contribution in [2.24, 2.45) is 0 Å². The molecule has 3 aromatic rings. The maximum atomic E-state index is 13.8. The minimum atomic E-state index is -4.20. The molecule has 1 atom stereocenters. The molecule has 2 aromatic carbocycles. The van der Waals surface area contributed by atoms with Gasteiger partial charge in [0.05, 0.1) is 4.90 Å². The second kappa shape index (κ2) is 7.40. The summed E-state index contributed by atoms with van der Waals surface area (Å²) < 4.78 is 54.0. The Hall–Kier alpha value is -2.87. The van der Waals surface area contributed by atoms with Gasteiger partial charge in [0, 0.05) is 18.0 Å². The van der Waals surface area contributed by atoms with Gasteiger partial charge >= 0.3 is 0 Å². The summed E-state index contributed by atoms with van der Waals surface area (Å²) in [5.74, 6) is -2.07. The van der Waals surface area contributed by atoms with Gasteiger partial charge in [-0.25, -0.2) is 21.9 Å². The highest BCUT2D eigenvalue weighted by Crippen LogP contribution is 2.24. The molecule has 0 radical (unpaired) electrons. The molecule has 0 saturated heterocycles. The Balaban J connectivity index is 1.81. The second-order valence-electron chi connectivity index (χ2n) is 6.13. The van der Waals surface area contributed by atoms with Gasteiger partial charge in [-0.3, -0.25) is 9.78 Å². The van der Waals surface area contributed by atoms with Crippen LogP contribution in [-0.2, 0) is 14.8 Å². The molecule has 0 aliphatic heterocycles. The number of nitrogens with one attached hydrogen (secondary N) is 1. The van der Waals surface area contributed by atoms with Gasteiger partial charge in [0.15, 0.2) is 0 Å². The van der Waals surface area contributed by atoms with Crippen molar-refractivity contribution in [2.75, 3.05) is 0 Å². The summed E-state index contributed by atoms with van der Waals surface area (Å²) in [5, 5.41) is 0.0874. The summed E-state index contributed by atoms with van der Waals surface area (Å²) in [7, 11) is -4.20. The molecule has 140 valence electrons. The molecule has 8 heteroatoms. The highest BCUT2D eigenvalue weighted by atomic mass is 32.2. The van der Waals surface area contributed by atoms with Crippen LogP contribution in [-0.4, -0.2) is 19.3 Å². The van der Waals surface area contributed by atoms with E-state index in [-0.39, 0.29) is 28.1 Å². The molecule has 1 heterocycles. The molecule has 1 amide bonds. The zero-order valence-electron chi connectivity index (χ0n) is 14.3. The lowest BCUT2D eigenvalue weighted by atomic mass is 9.98. The van der Waals surface area contributed by atoms with E-state index in [1.807, 2.05) is 4.72 Å². The average molecular weight is 390 g/mol. The summed E-state index contributed by atoms with van der Waals surface area (Å²) in [6.45, 7) is 1.73. The van der Waals surface area contributed by atoms with Gasteiger partial charge in [-0.2, -0.15) is 0 Å². The number of hydrogen-bond acceptors (Lipinski definition) is 4. The van der Waals surface area contributed by atoms with Gasteiger partial charge in [0.1, 0.15) is 17.2 Å². The second-order valence-corrected chi connectivity index (χ2v) is 7.78. The van der Waals surface area contributed by atoms with Crippen molar-refractivity contribution >= 4 is 26.8 Å². The Morgan fingerprint density at radius 1 is 1.11 bits per heavy atom. The highest BCUT2D eigenvalue weighted by Gasteiger charge is 2.23. The van der Waals surface area contributed by atoms with Crippen molar-refractivity contribution in [1.29, 1.82) is 0 Å². The van der Waals surface area contributed by atoms with Crippen molar-refractivity contribution < 1.29 is 22.0 Å². The fourth-order valence-corrected chi connectivity index (χ4v) is 3.97. The minimum Gasteiger partial charge on any atom is -0.274 e. The molecule has 0 spiro atoms. The predicted molar refractivity (Wildman–Crippen MR) is 96.5 cm³/mol. The standard InChI is InChI=1S/C19H16F2N2O3S/c1-12(13-4-6-14(20)7-5-13)11-18(24)23-27(25,26)17-9-8-16(21)19-15(17)3-2-10-22-19/h2-10,12H,11H2,1H3,(H,23,24)/t12-/m1/s1. The van der Waals surface area contributed by atoms with E-state index in [4.69, 9.17) is 0 Å². The lowest BCUT2D eigenvalue weighted by molar-refractivity contribution is -0.119. The number of sulfonamides is 1. The molecule has 0 unspecified atom stereocenters. The number of carbonyl (C=O) groups excluding carboxylic acids is 1. The third kappa shape index (κ3) is 4.11. The minimum absolute atomic E-state index is 0.0874. The molecule has 0 fully saturated rings. The number of halogens is 2. The molecule has 0 bridgehead atoms. The maximum Gasteiger partial charge on any atom is 0.264 e. The number of carbonyl (C=O) groups is 1. The van der Waals surface area contributed by atoms with Gasteiger partial charge in [0.25, 0.3) is 10.0 Å². The molecule has 27 heavy (non-hydrogen) atoms. The first kappa shape index (κ1) is 18.9. The number of rotatable bonds is 5. The lowest BCUT2D eigenvalue weighted by Gasteiger charge is -2.13. The largest absolute Gasteiger partial charge is 0.274 e. The van der Waals surface area contributed by atoms with Crippen molar-refractivity contribution in [3.8, 4) is 0 Å². The number of amides is 1. The number of fused-ring (bicyclic) bond motifs is 1. The van der Waals surface area contributed by atoms with E-state index in [2.05, 4.69) is 4.98 Å². The molecule has 0 saturated carbocycles. The molecule has 0 aliphatic carbocycles. The third-order valence-corrected chi connectivity index (χ3v) is 5.58. The van der Waals surface area contributed by atoms with Crippen LogP contribution < -0.4 is 4.72 Å². The predicted octanol–water partition coefficient (Wildman–Crippen LogP) is 3.51. The van der Waals surface area contributed by atoms with Crippen LogP contribution in [0.4, 0.5) is 8.78 Å². The Labute approximate surface area is 155 Å². The van der Waals surface area contributed by atoms with Crippen molar-refractivity contribution in [2.45, 2.75) is 24.2 Å². The summed E-state index contributed by atoms with van der Waals surface area (Å²) in [6.07, 6.45) is 1.24. The fourth-order valence-electron chi connectivity index (χ4n) is 2.78. The smallest absolute Gasteiger partial charge is 0.264 e. The van der Waals surface area contributed by atoms with Crippen LogP contribution in [0.5, 0.6) is 0 Å². The van der Waals surface area contributed by atoms with Gasteiger partial charge in [-0.1, -0.05) is 19.1 Å².